The van der Waals surface area contributed by atoms with Gasteiger partial charge in [0, 0.05) is 30.2 Å². The second-order valence-corrected chi connectivity index (χ2v) is 5.69. The van der Waals surface area contributed by atoms with Gasteiger partial charge in [-0.05, 0) is 37.5 Å². The lowest BCUT2D eigenvalue weighted by Crippen LogP contribution is -2.17. The van der Waals surface area contributed by atoms with Crippen LogP contribution in [0.4, 0.5) is 18.9 Å². The van der Waals surface area contributed by atoms with Gasteiger partial charge in [0.15, 0.2) is 0 Å². The predicted molar refractivity (Wildman–Crippen MR) is 78.7 cm³/mol. The summed E-state index contributed by atoms with van der Waals surface area (Å²) >= 11 is 0. The highest BCUT2D eigenvalue weighted by Crippen LogP contribution is 2.35. The number of nitrogens with zero attached hydrogens (tertiary/aromatic N) is 3. The van der Waals surface area contributed by atoms with E-state index in [0.717, 1.165) is 25.3 Å². The fourth-order valence-electron chi connectivity index (χ4n) is 3.05. The van der Waals surface area contributed by atoms with E-state index in [4.69, 9.17) is 5.26 Å². The molecular formula is C16H15F3N4. The third-order valence-electron chi connectivity index (χ3n) is 4.17. The van der Waals surface area contributed by atoms with Gasteiger partial charge in [0.2, 0.25) is 0 Å². The molecular weight excluding hydrogens is 305 g/mol. The monoisotopic (exact) mass is 320 g/mol. The minimum Gasteiger partial charge on any atom is -0.382 e. The van der Waals surface area contributed by atoms with Gasteiger partial charge in [-0.25, -0.2) is 4.98 Å². The van der Waals surface area contributed by atoms with Crippen LogP contribution in [-0.4, -0.2) is 15.6 Å². The molecule has 23 heavy (non-hydrogen) atoms. The Labute approximate surface area is 131 Å². The van der Waals surface area contributed by atoms with Crippen molar-refractivity contribution >= 4 is 5.69 Å². The van der Waals surface area contributed by atoms with Gasteiger partial charge in [-0.1, -0.05) is 0 Å². The molecule has 0 aliphatic heterocycles. The number of nitrogens with one attached hydrogen (secondary N) is 1. The Morgan fingerprint density at radius 1 is 1.30 bits per heavy atom. The van der Waals surface area contributed by atoms with E-state index >= 15 is 0 Å². The van der Waals surface area contributed by atoms with E-state index in [1.54, 1.807) is 18.6 Å². The zero-order chi connectivity index (χ0) is 16.4. The van der Waals surface area contributed by atoms with Crippen molar-refractivity contribution in [3.8, 4) is 6.07 Å². The molecule has 1 saturated carbocycles. The molecule has 120 valence electrons. The molecule has 0 radical (unpaired) electrons. The number of halogens is 3. The Kier molecular flexibility index (Phi) is 3.99. The minimum absolute atomic E-state index is 0.108. The molecule has 0 bridgehead atoms. The number of aromatic nitrogens is 2. The molecule has 7 heteroatoms. The second-order valence-electron chi connectivity index (χ2n) is 5.69. The lowest BCUT2D eigenvalue weighted by atomic mass is 10.1. The van der Waals surface area contributed by atoms with Crippen LogP contribution in [0.25, 0.3) is 0 Å². The van der Waals surface area contributed by atoms with Gasteiger partial charge in [0.05, 0.1) is 23.5 Å². The van der Waals surface area contributed by atoms with Crippen molar-refractivity contribution in [2.75, 3.05) is 5.32 Å². The highest BCUT2D eigenvalue weighted by Gasteiger charge is 2.34. The van der Waals surface area contributed by atoms with Crippen molar-refractivity contribution in [1.29, 1.82) is 5.26 Å². The summed E-state index contributed by atoms with van der Waals surface area (Å²) in [4.78, 5) is 4.02. The molecule has 0 spiro atoms. The van der Waals surface area contributed by atoms with Crippen LogP contribution in [0.3, 0.4) is 0 Å². The van der Waals surface area contributed by atoms with Crippen LogP contribution in [0.15, 0.2) is 36.9 Å². The van der Waals surface area contributed by atoms with Crippen LogP contribution in [-0.2, 0) is 6.18 Å². The quantitative estimate of drug-likeness (QED) is 0.930. The van der Waals surface area contributed by atoms with E-state index in [-0.39, 0.29) is 11.6 Å². The summed E-state index contributed by atoms with van der Waals surface area (Å²) in [7, 11) is 0. The Balaban J connectivity index is 1.73. The fourth-order valence-corrected chi connectivity index (χ4v) is 3.05. The number of alkyl halides is 3. The molecule has 0 amide bonds. The SMILES string of the molecule is N#Cc1ccc(NC2CCC(n3ccnc3)C2)cc1C(F)(F)F. The Bertz CT molecular complexity index is 716. The number of hydrogen-bond donors (Lipinski definition) is 1. The molecule has 2 aromatic rings. The van der Waals surface area contributed by atoms with Crippen LogP contribution < -0.4 is 5.32 Å². The molecule has 0 saturated heterocycles. The summed E-state index contributed by atoms with van der Waals surface area (Å²) in [5.74, 6) is 0. The summed E-state index contributed by atoms with van der Waals surface area (Å²) < 4.78 is 41.0. The Morgan fingerprint density at radius 3 is 2.78 bits per heavy atom. The normalized spacial score (nSPS) is 21.1. The van der Waals surface area contributed by atoms with Crippen LogP contribution in [0.1, 0.15) is 36.4 Å². The molecule has 1 aliphatic rings. The van der Waals surface area contributed by atoms with Crippen molar-refractivity contribution in [1.82, 2.24) is 9.55 Å². The second kappa shape index (κ2) is 5.95. The van der Waals surface area contributed by atoms with E-state index in [9.17, 15) is 13.2 Å². The summed E-state index contributed by atoms with van der Waals surface area (Å²) in [6.07, 6.45) is 3.51. The molecule has 1 N–H and O–H groups in total. The molecule has 3 rings (SSSR count). The summed E-state index contributed by atoms with van der Waals surface area (Å²) in [6.45, 7) is 0. The van der Waals surface area contributed by atoms with Gasteiger partial charge in [-0.15, -0.1) is 0 Å². The Morgan fingerprint density at radius 2 is 2.13 bits per heavy atom. The van der Waals surface area contributed by atoms with Crippen molar-refractivity contribution in [2.45, 2.75) is 37.5 Å². The van der Waals surface area contributed by atoms with Crippen LogP contribution in [0.2, 0.25) is 0 Å². The van der Waals surface area contributed by atoms with Gasteiger partial charge in [-0.3, -0.25) is 0 Å². The van der Waals surface area contributed by atoms with Gasteiger partial charge < -0.3 is 9.88 Å². The molecule has 4 nitrogen and oxygen atoms in total. The topological polar surface area (TPSA) is 53.6 Å². The van der Waals surface area contributed by atoms with Gasteiger partial charge in [0.1, 0.15) is 0 Å². The zero-order valence-electron chi connectivity index (χ0n) is 12.2. The first-order valence-corrected chi connectivity index (χ1v) is 7.32. The van der Waals surface area contributed by atoms with Crippen LogP contribution in [0, 0.1) is 11.3 Å². The average molecular weight is 320 g/mol. The molecule has 1 aromatic carbocycles. The summed E-state index contributed by atoms with van der Waals surface area (Å²) in [5, 5.41) is 12.0. The molecule has 2 atom stereocenters. The molecule has 1 aromatic heterocycles. The molecule has 2 unspecified atom stereocenters. The first kappa shape index (κ1) is 15.4. The van der Waals surface area contributed by atoms with E-state index in [1.165, 1.54) is 12.1 Å². The van der Waals surface area contributed by atoms with E-state index in [1.807, 2.05) is 10.8 Å². The van der Waals surface area contributed by atoms with E-state index < -0.39 is 11.7 Å². The first-order chi connectivity index (χ1) is 11.0. The maximum atomic E-state index is 13.0. The minimum atomic E-state index is -4.53. The van der Waals surface area contributed by atoms with Crippen molar-refractivity contribution in [2.24, 2.45) is 0 Å². The third kappa shape index (κ3) is 3.31. The smallest absolute Gasteiger partial charge is 0.382 e. The first-order valence-electron chi connectivity index (χ1n) is 7.32. The van der Waals surface area contributed by atoms with Gasteiger partial charge >= 0.3 is 6.18 Å². The largest absolute Gasteiger partial charge is 0.417 e. The predicted octanol–water partition coefficient (Wildman–Crippen LogP) is 3.98. The summed E-state index contributed by atoms with van der Waals surface area (Å²) in [6, 6.07) is 5.77. The lowest BCUT2D eigenvalue weighted by Gasteiger charge is -2.17. The van der Waals surface area contributed by atoms with Crippen molar-refractivity contribution in [3.63, 3.8) is 0 Å². The highest BCUT2D eigenvalue weighted by molar-refractivity contribution is 5.53. The zero-order valence-corrected chi connectivity index (χ0v) is 12.2. The standard InChI is InChI=1S/C16H15F3N4/c17-16(18,19)15-8-13(2-1-11(15)9-20)22-12-3-4-14(7-12)23-6-5-21-10-23/h1-2,5-6,8,10,12,14,22H,3-4,7H2. The third-order valence-corrected chi connectivity index (χ3v) is 4.17. The fraction of sp³-hybridized carbons (Fsp3) is 0.375. The molecule has 1 fully saturated rings. The van der Waals surface area contributed by atoms with E-state index in [0.29, 0.717) is 11.7 Å². The number of imidazole rings is 1. The summed E-state index contributed by atoms with van der Waals surface area (Å²) in [5.41, 5.74) is -0.854. The maximum absolute atomic E-state index is 13.0. The van der Waals surface area contributed by atoms with Crippen molar-refractivity contribution in [3.05, 3.63) is 48.0 Å². The van der Waals surface area contributed by atoms with Crippen LogP contribution in [0.5, 0.6) is 0 Å². The van der Waals surface area contributed by atoms with E-state index in [2.05, 4.69) is 10.3 Å². The van der Waals surface area contributed by atoms with Gasteiger partial charge in [-0.2, -0.15) is 18.4 Å². The van der Waals surface area contributed by atoms with Gasteiger partial charge in [0.25, 0.3) is 0 Å². The number of hydrogen-bond acceptors (Lipinski definition) is 3. The maximum Gasteiger partial charge on any atom is 0.417 e. The lowest BCUT2D eigenvalue weighted by molar-refractivity contribution is -0.137. The number of anilines is 1. The van der Waals surface area contributed by atoms with Crippen molar-refractivity contribution < 1.29 is 13.2 Å². The Hall–Kier alpha value is -2.49. The average Bonchev–Trinajstić information content (AvgIpc) is 3.17. The number of nitriles is 1. The highest BCUT2D eigenvalue weighted by atomic mass is 19.4. The number of rotatable bonds is 3. The van der Waals surface area contributed by atoms with Crippen LogP contribution >= 0.6 is 0 Å². The molecule has 1 heterocycles. The number of benzene rings is 1. The molecule has 1 aliphatic carbocycles.